The van der Waals surface area contributed by atoms with Gasteiger partial charge in [0.05, 0.1) is 17.8 Å². The quantitative estimate of drug-likeness (QED) is 0.816. The molecule has 76 valence electrons. The third-order valence-electron chi connectivity index (χ3n) is 1.57. The van der Waals surface area contributed by atoms with Gasteiger partial charge >= 0.3 is 0 Å². The summed E-state index contributed by atoms with van der Waals surface area (Å²) in [6, 6.07) is 4.98. The highest BCUT2D eigenvalue weighted by Gasteiger charge is 2.05. The van der Waals surface area contributed by atoms with Gasteiger partial charge in [0.2, 0.25) is 5.91 Å². The Hall–Kier alpha value is -0.930. The SMILES string of the molecule is COc1ccc(NC(=O)CCl)c(Cl)c1. The average molecular weight is 234 g/mol. The van der Waals surface area contributed by atoms with E-state index in [1.54, 1.807) is 25.3 Å². The second kappa shape index (κ2) is 5.08. The van der Waals surface area contributed by atoms with Crippen LogP contribution in [0.1, 0.15) is 0 Å². The van der Waals surface area contributed by atoms with Gasteiger partial charge in [0, 0.05) is 6.07 Å². The first-order chi connectivity index (χ1) is 6.67. The molecular formula is C9H9Cl2NO2. The van der Waals surface area contributed by atoms with Crippen molar-refractivity contribution >= 4 is 34.8 Å². The third-order valence-corrected chi connectivity index (χ3v) is 2.13. The Morgan fingerprint density at radius 2 is 2.29 bits per heavy atom. The summed E-state index contributed by atoms with van der Waals surface area (Å²) in [4.78, 5) is 11.0. The molecule has 5 heteroatoms. The molecule has 0 spiro atoms. The van der Waals surface area contributed by atoms with Gasteiger partial charge in [-0.2, -0.15) is 0 Å². The normalized spacial score (nSPS) is 9.64. The molecule has 0 saturated heterocycles. The fourth-order valence-corrected chi connectivity index (χ4v) is 1.19. The summed E-state index contributed by atoms with van der Waals surface area (Å²) >= 11 is 11.2. The smallest absolute Gasteiger partial charge is 0.239 e. The summed E-state index contributed by atoms with van der Waals surface area (Å²) in [5.41, 5.74) is 0.526. The minimum Gasteiger partial charge on any atom is -0.497 e. The second-order valence-electron chi connectivity index (χ2n) is 2.53. The van der Waals surface area contributed by atoms with Crippen LogP contribution in [0.2, 0.25) is 5.02 Å². The van der Waals surface area contributed by atoms with E-state index in [2.05, 4.69) is 5.32 Å². The molecule has 0 atom stereocenters. The molecule has 0 aromatic heterocycles. The van der Waals surface area contributed by atoms with Crippen LogP contribution in [0.4, 0.5) is 5.69 Å². The van der Waals surface area contributed by atoms with E-state index in [1.807, 2.05) is 0 Å². The van der Waals surface area contributed by atoms with Crippen molar-refractivity contribution in [3.63, 3.8) is 0 Å². The molecule has 0 radical (unpaired) electrons. The summed E-state index contributed by atoms with van der Waals surface area (Å²) < 4.78 is 4.96. The van der Waals surface area contributed by atoms with E-state index in [0.717, 1.165) is 0 Å². The van der Waals surface area contributed by atoms with Gasteiger partial charge in [-0.1, -0.05) is 11.6 Å². The lowest BCUT2D eigenvalue weighted by molar-refractivity contribution is -0.113. The molecule has 0 aliphatic rings. The van der Waals surface area contributed by atoms with Crippen LogP contribution < -0.4 is 10.1 Å². The number of carbonyl (C=O) groups excluding carboxylic acids is 1. The molecular weight excluding hydrogens is 225 g/mol. The summed E-state index contributed by atoms with van der Waals surface area (Å²) in [5, 5.41) is 2.97. The monoisotopic (exact) mass is 233 g/mol. The van der Waals surface area contributed by atoms with Crippen molar-refractivity contribution in [2.24, 2.45) is 0 Å². The van der Waals surface area contributed by atoms with Gasteiger partial charge in [-0.15, -0.1) is 11.6 Å². The van der Waals surface area contributed by atoms with E-state index in [9.17, 15) is 4.79 Å². The highest BCUT2D eigenvalue weighted by molar-refractivity contribution is 6.34. The molecule has 0 heterocycles. The first-order valence-electron chi connectivity index (χ1n) is 3.86. The maximum atomic E-state index is 11.0. The average Bonchev–Trinajstić information content (AvgIpc) is 2.20. The molecule has 3 nitrogen and oxygen atoms in total. The van der Waals surface area contributed by atoms with Gasteiger partial charge in [0.15, 0.2) is 0 Å². The highest BCUT2D eigenvalue weighted by Crippen LogP contribution is 2.26. The van der Waals surface area contributed by atoms with E-state index in [1.165, 1.54) is 0 Å². The number of nitrogens with one attached hydrogen (secondary N) is 1. The van der Waals surface area contributed by atoms with Crippen LogP contribution in [0.15, 0.2) is 18.2 Å². The number of ether oxygens (including phenoxy) is 1. The molecule has 14 heavy (non-hydrogen) atoms. The van der Waals surface area contributed by atoms with Crippen LogP contribution in [0.25, 0.3) is 0 Å². The van der Waals surface area contributed by atoms with Gasteiger partial charge in [-0.05, 0) is 12.1 Å². The van der Waals surface area contributed by atoms with E-state index < -0.39 is 0 Å². The molecule has 1 aromatic rings. The summed E-state index contributed by atoms with van der Waals surface area (Å²) in [7, 11) is 1.54. The van der Waals surface area contributed by atoms with E-state index in [4.69, 9.17) is 27.9 Å². The van der Waals surface area contributed by atoms with Crippen molar-refractivity contribution in [2.75, 3.05) is 18.3 Å². The lowest BCUT2D eigenvalue weighted by Gasteiger charge is -2.06. The third kappa shape index (κ3) is 2.79. The Morgan fingerprint density at radius 3 is 2.79 bits per heavy atom. The number of amides is 1. The topological polar surface area (TPSA) is 38.3 Å². The van der Waals surface area contributed by atoms with Gasteiger partial charge < -0.3 is 10.1 Å². The first-order valence-corrected chi connectivity index (χ1v) is 4.78. The number of carbonyl (C=O) groups is 1. The Morgan fingerprint density at radius 1 is 1.57 bits per heavy atom. The maximum absolute atomic E-state index is 11.0. The molecule has 0 saturated carbocycles. The Bertz CT molecular complexity index is 342. The molecule has 0 bridgehead atoms. The summed E-state index contributed by atoms with van der Waals surface area (Å²) in [5.74, 6) is 0.250. The van der Waals surface area contributed by atoms with Crippen molar-refractivity contribution < 1.29 is 9.53 Å². The van der Waals surface area contributed by atoms with Crippen LogP contribution in [0.5, 0.6) is 5.75 Å². The van der Waals surface area contributed by atoms with Crippen LogP contribution in [-0.4, -0.2) is 18.9 Å². The van der Waals surface area contributed by atoms with Crippen molar-refractivity contribution in [3.05, 3.63) is 23.2 Å². The molecule has 1 N–H and O–H groups in total. The number of hydrogen-bond acceptors (Lipinski definition) is 2. The Kier molecular flexibility index (Phi) is 4.04. The minimum atomic E-state index is -0.293. The molecule has 0 unspecified atom stereocenters. The van der Waals surface area contributed by atoms with Crippen molar-refractivity contribution in [1.29, 1.82) is 0 Å². The lowest BCUT2D eigenvalue weighted by Crippen LogP contribution is -2.12. The Balaban J connectivity index is 2.83. The van der Waals surface area contributed by atoms with Crippen molar-refractivity contribution in [1.82, 2.24) is 0 Å². The fourth-order valence-electron chi connectivity index (χ4n) is 0.908. The van der Waals surface area contributed by atoms with Crippen LogP contribution >= 0.6 is 23.2 Å². The van der Waals surface area contributed by atoms with Crippen LogP contribution in [-0.2, 0) is 4.79 Å². The maximum Gasteiger partial charge on any atom is 0.239 e. The number of rotatable bonds is 3. The number of methoxy groups -OCH3 is 1. The zero-order valence-corrected chi connectivity index (χ0v) is 9.02. The molecule has 0 fully saturated rings. The van der Waals surface area contributed by atoms with E-state index >= 15 is 0 Å². The molecule has 1 rings (SSSR count). The van der Waals surface area contributed by atoms with Crippen LogP contribution in [0.3, 0.4) is 0 Å². The van der Waals surface area contributed by atoms with E-state index in [0.29, 0.717) is 16.5 Å². The predicted octanol–water partition coefficient (Wildman–Crippen LogP) is 2.53. The molecule has 1 aromatic carbocycles. The number of alkyl halides is 1. The summed E-state index contributed by atoms with van der Waals surface area (Å²) in [6.45, 7) is 0. The number of halogens is 2. The predicted molar refractivity (Wildman–Crippen MR) is 57.4 cm³/mol. The van der Waals surface area contributed by atoms with E-state index in [-0.39, 0.29) is 11.8 Å². The standard InChI is InChI=1S/C9H9Cl2NO2/c1-14-6-2-3-8(7(11)4-6)12-9(13)5-10/h2-4H,5H2,1H3,(H,12,13). The zero-order chi connectivity index (χ0) is 10.6. The van der Waals surface area contributed by atoms with Crippen molar-refractivity contribution in [2.45, 2.75) is 0 Å². The van der Waals surface area contributed by atoms with Gasteiger partial charge in [0.1, 0.15) is 11.6 Å². The fraction of sp³-hybridized carbons (Fsp3) is 0.222. The molecule has 1 amide bonds. The second-order valence-corrected chi connectivity index (χ2v) is 3.20. The number of hydrogen-bond donors (Lipinski definition) is 1. The molecule has 0 aliphatic carbocycles. The van der Waals surface area contributed by atoms with Gasteiger partial charge in [-0.25, -0.2) is 0 Å². The lowest BCUT2D eigenvalue weighted by atomic mass is 10.3. The molecule has 0 aliphatic heterocycles. The number of benzene rings is 1. The van der Waals surface area contributed by atoms with Crippen molar-refractivity contribution in [3.8, 4) is 5.75 Å². The minimum absolute atomic E-state index is 0.0949. The largest absolute Gasteiger partial charge is 0.497 e. The summed E-state index contributed by atoms with van der Waals surface area (Å²) in [6.07, 6.45) is 0. The van der Waals surface area contributed by atoms with Gasteiger partial charge in [0.25, 0.3) is 0 Å². The number of anilines is 1. The Labute approximate surface area is 92.0 Å². The van der Waals surface area contributed by atoms with Crippen LogP contribution in [0, 0.1) is 0 Å². The highest BCUT2D eigenvalue weighted by atomic mass is 35.5. The van der Waals surface area contributed by atoms with Gasteiger partial charge in [-0.3, -0.25) is 4.79 Å². The first kappa shape index (κ1) is 11.1. The zero-order valence-electron chi connectivity index (χ0n) is 7.51.